The fourth-order valence-electron chi connectivity index (χ4n) is 2.93. The van der Waals surface area contributed by atoms with Crippen molar-refractivity contribution in [2.24, 2.45) is 5.73 Å². The van der Waals surface area contributed by atoms with Gasteiger partial charge in [0, 0.05) is 6.04 Å². The molecule has 2 aromatic carbocycles. The van der Waals surface area contributed by atoms with E-state index in [0.717, 1.165) is 30.6 Å². The summed E-state index contributed by atoms with van der Waals surface area (Å²) in [5, 5.41) is 10.2. The van der Waals surface area contributed by atoms with E-state index in [-0.39, 0.29) is 12.6 Å². The maximum Gasteiger partial charge on any atom is 0.122 e. The molecule has 0 bridgehead atoms. The lowest BCUT2D eigenvalue weighted by Crippen LogP contribution is -2.19. The van der Waals surface area contributed by atoms with Crippen LogP contribution in [-0.4, -0.2) is 11.7 Å². The highest BCUT2D eigenvalue weighted by Crippen LogP contribution is 2.34. The van der Waals surface area contributed by atoms with Crippen molar-refractivity contribution in [2.75, 3.05) is 6.61 Å². The van der Waals surface area contributed by atoms with Crippen LogP contribution in [0.2, 0.25) is 0 Å². The summed E-state index contributed by atoms with van der Waals surface area (Å²) in [5.41, 5.74) is 9.42. The number of aliphatic hydroxyl groups excluding tert-OH is 1. The molecule has 2 unspecified atom stereocenters. The lowest BCUT2D eigenvalue weighted by Gasteiger charge is -2.25. The van der Waals surface area contributed by atoms with Crippen LogP contribution in [0.15, 0.2) is 48.5 Å². The number of fused-ring (bicyclic) bond motifs is 1. The standard InChI is InChI=1S/C18H21NO2/c19-16-10-4-9-15-14(16)8-5-11-18(15)21-12-17(20)13-6-2-1-3-7-13/h1-3,5-8,11,16-17,20H,4,9-10,12,19H2. The first-order chi connectivity index (χ1) is 10.3. The minimum Gasteiger partial charge on any atom is -0.490 e. The van der Waals surface area contributed by atoms with Crippen LogP contribution in [0, 0.1) is 0 Å². The van der Waals surface area contributed by atoms with Gasteiger partial charge in [0.2, 0.25) is 0 Å². The van der Waals surface area contributed by atoms with Crippen LogP contribution in [0.25, 0.3) is 0 Å². The highest BCUT2D eigenvalue weighted by Gasteiger charge is 2.20. The number of ether oxygens (including phenoxy) is 1. The van der Waals surface area contributed by atoms with Gasteiger partial charge in [-0.25, -0.2) is 0 Å². The normalized spacial score (nSPS) is 18.9. The zero-order chi connectivity index (χ0) is 14.7. The molecule has 110 valence electrons. The molecule has 3 nitrogen and oxygen atoms in total. The van der Waals surface area contributed by atoms with Crippen LogP contribution >= 0.6 is 0 Å². The molecule has 3 rings (SSSR count). The number of nitrogens with two attached hydrogens (primary N) is 1. The Morgan fingerprint density at radius 1 is 1.14 bits per heavy atom. The molecule has 2 atom stereocenters. The third-order valence-corrected chi connectivity index (χ3v) is 4.09. The Balaban J connectivity index is 1.73. The molecule has 21 heavy (non-hydrogen) atoms. The molecule has 0 saturated carbocycles. The molecule has 0 saturated heterocycles. The van der Waals surface area contributed by atoms with Crippen LogP contribution in [0.1, 0.15) is 41.7 Å². The summed E-state index contributed by atoms with van der Waals surface area (Å²) in [6, 6.07) is 15.7. The van der Waals surface area contributed by atoms with E-state index < -0.39 is 6.10 Å². The summed E-state index contributed by atoms with van der Waals surface area (Å²) < 4.78 is 5.86. The highest BCUT2D eigenvalue weighted by molar-refractivity contribution is 5.43. The zero-order valence-corrected chi connectivity index (χ0v) is 12.0. The lowest BCUT2D eigenvalue weighted by atomic mass is 9.87. The molecule has 0 amide bonds. The van der Waals surface area contributed by atoms with Gasteiger partial charge in [0.15, 0.2) is 0 Å². The van der Waals surface area contributed by atoms with Gasteiger partial charge in [-0.05, 0) is 42.0 Å². The summed E-state index contributed by atoms with van der Waals surface area (Å²) >= 11 is 0. The van der Waals surface area contributed by atoms with Crippen molar-refractivity contribution in [3.8, 4) is 5.75 Å². The number of hydrogen-bond donors (Lipinski definition) is 2. The first-order valence-corrected chi connectivity index (χ1v) is 7.49. The van der Waals surface area contributed by atoms with Crippen molar-refractivity contribution in [1.82, 2.24) is 0 Å². The number of benzene rings is 2. The van der Waals surface area contributed by atoms with E-state index in [1.165, 1.54) is 11.1 Å². The Labute approximate surface area is 125 Å². The molecule has 0 fully saturated rings. The van der Waals surface area contributed by atoms with E-state index >= 15 is 0 Å². The van der Waals surface area contributed by atoms with E-state index in [4.69, 9.17) is 10.5 Å². The van der Waals surface area contributed by atoms with Crippen molar-refractivity contribution in [3.05, 3.63) is 65.2 Å². The predicted octanol–water partition coefficient (Wildman–Crippen LogP) is 3.14. The summed E-state index contributed by atoms with van der Waals surface area (Å²) in [6.07, 6.45) is 2.51. The average molecular weight is 283 g/mol. The van der Waals surface area contributed by atoms with Crippen LogP contribution in [-0.2, 0) is 6.42 Å². The Morgan fingerprint density at radius 3 is 2.76 bits per heavy atom. The Morgan fingerprint density at radius 2 is 1.95 bits per heavy atom. The average Bonchev–Trinajstić information content (AvgIpc) is 2.54. The maximum absolute atomic E-state index is 10.2. The van der Waals surface area contributed by atoms with Crippen molar-refractivity contribution in [3.63, 3.8) is 0 Å². The number of aliphatic hydroxyl groups is 1. The second-order valence-electron chi connectivity index (χ2n) is 5.56. The van der Waals surface area contributed by atoms with Crippen molar-refractivity contribution in [1.29, 1.82) is 0 Å². The van der Waals surface area contributed by atoms with E-state index in [1.54, 1.807) is 0 Å². The Hall–Kier alpha value is -1.84. The molecule has 2 aromatic rings. The molecule has 0 aromatic heterocycles. The summed E-state index contributed by atoms with van der Waals surface area (Å²) in [6.45, 7) is 0.260. The SMILES string of the molecule is NC1CCCc2c(OCC(O)c3ccccc3)cccc21. The van der Waals surface area contributed by atoms with Gasteiger partial charge in [-0.2, -0.15) is 0 Å². The van der Waals surface area contributed by atoms with Gasteiger partial charge in [-0.1, -0.05) is 42.5 Å². The van der Waals surface area contributed by atoms with Gasteiger partial charge in [0.1, 0.15) is 18.5 Å². The fraction of sp³-hybridized carbons (Fsp3) is 0.333. The molecular formula is C18H21NO2. The van der Waals surface area contributed by atoms with E-state index in [1.807, 2.05) is 42.5 Å². The largest absolute Gasteiger partial charge is 0.490 e. The monoisotopic (exact) mass is 283 g/mol. The molecule has 0 radical (unpaired) electrons. The van der Waals surface area contributed by atoms with Gasteiger partial charge in [0.05, 0.1) is 0 Å². The second-order valence-corrected chi connectivity index (χ2v) is 5.56. The topological polar surface area (TPSA) is 55.5 Å². The van der Waals surface area contributed by atoms with Gasteiger partial charge in [-0.15, -0.1) is 0 Å². The minimum atomic E-state index is -0.612. The first-order valence-electron chi connectivity index (χ1n) is 7.49. The van der Waals surface area contributed by atoms with Crippen molar-refractivity contribution in [2.45, 2.75) is 31.4 Å². The van der Waals surface area contributed by atoms with Gasteiger partial charge >= 0.3 is 0 Å². The third kappa shape index (κ3) is 3.09. The number of rotatable bonds is 4. The minimum absolute atomic E-state index is 0.108. The van der Waals surface area contributed by atoms with Crippen LogP contribution in [0.3, 0.4) is 0 Å². The Bertz CT molecular complexity index is 597. The molecule has 3 N–H and O–H groups in total. The quantitative estimate of drug-likeness (QED) is 0.906. The molecule has 0 aliphatic heterocycles. The van der Waals surface area contributed by atoms with Crippen LogP contribution < -0.4 is 10.5 Å². The third-order valence-electron chi connectivity index (χ3n) is 4.09. The van der Waals surface area contributed by atoms with E-state index in [0.29, 0.717) is 0 Å². The molecule has 3 heteroatoms. The van der Waals surface area contributed by atoms with Gasteiger partial charge < -0.3 is 15.6 Å². The smallest absolute Gasteiger partial charge is 0.122 e. The van der Waals surface area contributed by atoms with E-state index in [2.05, 4.69) is 6.07 Å². The maximum atomic E-state index is 10.2. The fourth-order valence-corrected chi connectivity index (χ4v) is 2.93. The van der Waals surface area contributed by atoms with Crippen molar-refractivity contribution >= 4 is 0 Å². The zero-order valence-electron chi connectivity index (χ0n) is 12.0. The summed E-state index contributed by atoms with van der Waals surface area (Å²) in [4.78, 5) is 0. The molecule has 1 aliphatic carbocycles. The van der Waals surface area contributed by atoms with Crippen LogP contribution in [0.4, 0.5) is 0 Å². The molecular weight excluding hydrogens is 262 g/mol. The predicted molar refractivity (Wildman–Crippen MR) is 83.2 cm³/mol. The molecule has 0 spiro atoms. The highest BCUT2D eigenvalue weighted by atomic mass is 16.5. The summed E-state index contributed by atoms with van der Waals surface area (Å²) in [5.74, 6) is 0.859. The molecule has 1 aliphatic rings. The number of hydrogen-bond acceptors (Lipinski definition) is 3. The van der Waals surface area contributed by atoms with E-state index in [9.17, 15) is 5.11 Å². The second kappa shape index (κ2) is 6.29. The van der Waals surface area contributed by atoms with Crippen LogP contribution in [0.5, 0.6) is 5.75 Å². The lowest BCUT2D eigenvalue weighted by molar-refractivity contribution is 0.107. The van der Waals surface area contributed by atoms with Gasteiger partial charge in [-0.3, -0.25) is 0 Å². The first kappa shape index (κ1) is 14.1. The van der Waals surface area contributed by atoms with Gasteiger partial charge in [0.25, 0.3) is 0 Å². The molecule has 0 heterocycles. The van der Waals surface area contributed by atoms with Crippen molar-refractivity contribution < 1.29 is 9.84 Å². The summed E-state index contributed by atoms with van der Waals surface area (Å²) in [7, 11) is 0. The Kier molecular flexibility index (Phi) is 4.23.